The van der Waals surface area contributed by atoms with Gasteiger partial charge in [-0.1, -0.05) is 31.4 Å². The summed E-state index contributed by atoms with van der Waals surface area (Å²) in [4.78, 5) is 0. The Bertz CT molecular complexity index is 541. The van der Waals surface area contributed by atoms with Gasteiger partial charge in [0.05, 0.1) is 6.54 Å². The van der Waals surface area contributed by atoms with Gasteiger partial charge in [-0.2, -0.15) is 5.10 Å². The summed E-state index contributed by atoms with van der Waals surface area (Å²) in [6.07, 6.45) is 10.8. The molecule has 1 aliphatic rings. The maximum atomic E-state index is 4.27. The predicted molar refractivity (Wildman–Crippen MR) is 87.4 cm³/mol. The normalized spacial score (nSPS) is 17.6. The molecule has 21 heavy (non-hydrogen) atoms. The molecule has 2 aromatic rings. The van der Waals surface area contributed by atoms with Crippen LogP contribution in [0.3, 0.4) is 0 Å². The first kappa shape index (κ1) is 14.2. The molecule has 3 heteroatoms. The second-order valence-corrected chi connectivity index (χ2v) is 6.24. The topological polar surface area (TPSA) is 29.9 Å². The Labute approximate surface area is 127 Å². The first-order valence-corrected chi connectivity index (χ1v) is 8.14. The lowest BCUT2D eigenvalue weighted by molar-refractivity contribution is 0.328. The van der Waals surface area contributed by atoms with Crippen molar-refractivity contribution >= 4 is 5.69 Å². The van der Waals surface area contributed by atoms with E-state index < -0.39 is 0 Å². The standard InChI is InChI=1S/C18H25N3/c1-15(17-8-3-2-4-9-17)20-18-10-5-7-16(13-18)14-21-12-6-11-19-21/h5-7,10-13,15,17,20H,2-4,8-9,14H2,1H3. The van der Waals surface area contributed by atoms with Crippen molar-refractivity contribution in [2.45, 2.75) is 51.6 Å². The van der Waals surface area contributed by atoms with Gasteiger partial charge in [-0.15, -0.1) is 0 Å². The van der Waals surface area contributed by atoms with E-state index in [1.54, 1.807) is 0 Å². The van der Waals surface area contributed by atoms with Gasteiger partial charge in [0.1, 0.15) is 0 Å². The maximum absolute atomic E-state index is 4.27. The van der Waals surface area contributed by atoms with E-state index >= 15 is 0 Å². The van der Waals surface area contributed by atoms with Crippen molar-refractivity contribution in [3.05, 3.63) is 48.3 Å². The third-order valence-electron chi connectivity index (χ3n) is 4.58. The third kappa shape index (κ3) is 3.87. The molecule has 1 heterocycles. The summed E-state index contributed by atoms with van der Waals surface area (Å²) < 4.78 is 1.96. The van der Waals surface area contributed by atoms with Crippen LogP contribution in [0.1, 0.15) is 44.6 Å². The molecular formula is C18H25N3. The van der Waals surface area contributed by atoms with Gasteiger partial charge in [0.25, 0.3) is 0 Å². The smallest absolute Gasteiger partial charge is 0.0660 e. The number of hydrogen-bond donors (Lipinski definition) is 1. The van der Waals surface area contributed by atoms with E-state index in [9.17, 15) is 0 Å². The highest BCUT2D eigenvalue weighted by Crippen LogP contribution is 2.28. The van der Waals surface area contributed by atoms with Crippen LogP contribution in [0.2, 0.25) is 0 Å². The minimum atomic E-state index is 0.560. The van der Waals surface area contributed by atoms with Gasteiger partial charge in [0.2, 0.25) is 0 Å². The van der Waals surface area contributed by atoms with E-state index in [1.165, 1.54) is 43.4 Å². The molecule has 1 saturated carbocycles. The molecule has 3 nitrogen and oxygen atoms in total. The summed E-state index contributed by atoms with van der Waals surface area (Å²) in [6, 6.07) is 11.2. The lowest BCUT2D eigenvalue weighted by Gasteiger charge is -2.29. The Morgan fingerprint density at radius 3 is 2.86 bits per heavy atom. The van der Waals surface area contributed by atoms with E-state index in [4.69, 9.17) is 0 Å². The number of anilines is 1. The second-order valence-electron chi connectivity index (χ2n) is 6.24. The molecule has 3 rings (SSSR count). The first-order valence-electron chi connectivity index (χ1n) is 8.14. The quantitative estimate of drug-likeness (QED) is 0.886. The summed E-state index contributed by atoms with van der Waals surface area (Å²) in [6.45, 7) is 3.16. The highest BCUT2D eigenvalue weighted by Gasteiger charge is 2.19. The number of rotatable bonds is 5. The van der Waals surface area contributed by atoms with Crippen LogP contribution in [-0.2, 0) is 6.54 Å². The van der Waals surface area contributed by atoms with Crippen LogP contribution in [0, 0.1) is 5.92 Å². The fraction of sp³-hybridized carbons (Fsp3) is 0.500. The number of benzene rings is 1. The van der Waals surface area contributed by atoms with E-state index in [1.807, 2.05) is 23.1 Å². The third-order valence-corrected chi connectivity index (χ3v) is 4.58. The molecule has 1 aliphatic carbocycles. The van der Waals surface area contributed by atoms with Gasteiger partial charge >= 0.3 is 0 Å². The van der Waals surface area contributed by atoms with E-state index in [2.05, 4.69) is 41.6 Å². The zero-order valence-corrected chi connectivity index (χ0v) is 12.8. The van der Waals surface area contributed by atoms with Crippen molar-refractivity contribution in [3.8, 4) is 0 Å². The van der Waals surface area contributed by atoms with E-state index in [0.717, 1.165) is 12.5 Å². The van der Waals surface area contributed by atoms with E-state index in [-0.39, 0.29) is 0 Å². The molecule has 0 radical (unpaired) electrons. The van der Waals surface area contributed by atoms with Crippen LogP contribution in [0.4, 0.5) is 5.69 Å². The fourth-order valence-electron chi connectivity index (χ4n) is 3.36. The number of nitrogens with one attached hydrogen (secondary N) is 1. The first-order chi connectivity index (χ1) is 10.3. The summed E-state index contributed by atoms with van der Waals surface area (Å²) in [7, 11) is 0. The Morgan fingerprint density at radius 1 is 1.24 bits per heavy atom. The Morgan fingerprint density at radius 2 is 2.10 bits per heavy atom. The van der Waals surface area contributed by atoms with Gasteiger partial charge in [-0.25, -0.2) is 0 Å². The monoisotopic (exact) mass is 283 g/mol. The van der Waals surface area contributed by atoms with Crippen molar-refractivity contribution in [1.29, 1.82) is 0 Å². The summed E-state index contributed by atoms with van der Waals surface area (Å²) in [5.74, 6) is 0.827. The highest BCUT2D eigenvalue weighted by atomic mass is 15.3. The summed E-state index contributed by atoms with van der Waals surface area (Å²) >= 11 is 0. The number of nitrogens with zero attached hydrogens (tertiary/aromatic N) is 2. The van der Waals surface area contributed by atoms with Crippen molar-refractivity contribution in [2.24, 2.45) is 5.92 Å². The predicted octanol–water partition coefficient (Wildman–Crippen LogP) is 4.31. The molecule has 1 unspecified atom stereocenters. The van der Waals surface area contributed by atoms with Crippen LogP contribution in [0.5, 0.6) is 0 Å². The molecule has 1 fully saturated rings. The van der Waals surface area contributed by atoms with Crippen LogP contribution in [-0.4, -0.2) is 15.8 Å². The molecule has 1 aromatic carbocycles. The zero-order valence-electron chi connectivity index (χ0n) is 12.8. The fourth-order valence-corrected chi connectivity index (χ4v) is 3.36. The lowest BCUT2D eigenvalue weighted by Crippen LogP contribution is -2.27. The lowest BCUT2D eigenvalue weighted by atomic mass is 9.84. The molecule has 0 aliphatic heterocycles. The van der Waals surface area contributed by atoms with Crippen molar-refractivity contribution in [2.75, 3.05) is 5.32 Å². The molecule has 0 spiro atoms. The van der Waals surface area contributed by atoms with Crippen LogP contribution in [0.15, 0.2) is 42.7 Å². The molecule has 1 N–H and O–H groups in total. The molecule has 0 saturated heterocycles. The largest absolute Gasteiger partial charge is 0.382 e. The Balaban J connectivity index is 1.62. The second kappa shape index (κ2) is 6.79. The van der Waals surface area contributed by atoms with Crippen molar-refractivity contribution in [1.82, 2.24) is 9.78 Å². The number of aromatic nitrogens is 2. The molecular weight excluding hydrogens is 258 g/mol. The molecule has 1 aromatic heterocycles. The average Bonchev–Trinajstić information content (AvgIpc) is 3.01. The van der Waals surface area contributed by atoms with Gasteiger partial charge in [-0.05, 0) is 49.4 Å². The SMILES string of the molecule is CC(Nc1cccc(Cn2cccn2)c1)C1CCCCC1. The Hall–Kier alpha value is -1.77. The minimum absolute atomic E-state index is 0.560. The van der Waals surface area contributed by atoms with E-state index in [0.29, 0.717) is 6.04 Å². The molecule has 1 atom stereocenters. The van der Waals surface area contributed by atoms with Gasteiger partial charge < -0.3 is 5.32 Å². The van der Waals surface area contributed by atoms with Crippen LogP contribution in [0.25, 0.3) is 0 Å². The summed E-state index contributed by atoms with van der Waals surface area (Å²) in [5.41, 5.74) is 2.53. The van der Waals surface area contributed by atoms with Crippen LogP contribution >= 0.6 is 0 Å². The van der Waals surface area contributed by atoms with Crippen molar-refractivity contribution < 1.29 is 0 Å². The van der Waals surface area contributed by atoms with Crippen molar-refractivity contribution in [3.63, 3.8) is 0 Å². The maximum Gasteiger partial charge on any atom is 0.0660 e. The minimum Gasteiger partial charge on any atom is -0.382 e. The number of hydrogen-bond acceptors (Lipinski definition) is 2. The van der Waals surface area contributed by atoms with Gasteiger partial charge in [-0.3, -0.25) is 4.68 Å². The van der Waals surface area contributed by atoms with Crippen LogP contribution < -0.4 is 5.32 Å². The van der Waals surface area contributed by atoms with Gasteiger partial charge in [0, 0.05) is 24.1 Å². The Kier molecular flexibility index (Phi) is 4.59. The molecule has 0 amide bonds. The highest BCUT2D eigenvalue weighted by molar-refractivity contribution is 5.46. The summed E-state index contributed by atoms with van der Waals surface area (Å²) in [5, 5.41) is 7.97. The molecule has 112 valence electrons. The average molecular weight is 283 g/mol. The molecule has 0 bridgehead atoms. The van der Waals surface area contributed by atoms with Gasteiger partial charge in [0.15, 0.2) is 0 Å². The zero-order chi connectivity index (χ0) is 14.5.